The van der Waals surface area contributed by atoms with Gasteiger partial charge in [-0.2, -0.15) is 0 Å². The maximum absolute atomic E-state index is 13.9. The molecule has 1 saturated carbocycles. The topological polar surface area (TPSA) is 12.4 Å². The van der Waals surface area contributed by atoms with Gasteiger partial charge in [0.25, 0.3) is 0 Å². The van der Waals surface area contributed by atoms with Gasteiger partial charge in [-0.1, -0.05) is 24.0 Å². The minimum atomic E-state index is -0.423. The van der Waals surface area contributed by atoms with Gasteiger partial charge in [0.2, 0.25) is 0 Å². The molecule has 0 aliphatic heterocycles. The van der Waals surface area contributed by atoms with Crippen LogP contribution in [0.4, 0.5) is 4.39 Å². The number of isothiocyanates is 1. The number of hydrogen-bond acceptors (Lipinski definition) is 2. The summed E-state index contributed by atoms with van der Waals surface area (Å²) in [6, 6.07) is 15.4. The summed E-state index contributed by atoms with van der Waals surface area (Å²) in [6.45, 7) is 0. The summed E-state index contributed by atoms with van der Waals surface area (Å²) in [4.78, 5) is 3.44. The molecule has 1 aliphatic rings. The van der Waals surface area contributed by atoms with Crippen molar-refractivity contribution in [3.8, 4) is 23.8 Å². The van der Waals surface area contributed by atoms with E-state index in [-0.39, 0.29) is 5.56 Å². The Labute approximate surface area is 146 Å². The zero-order valence-corrected chi connectivity index (χ0v) is 13.8. The van der Waals surface area contributed by atoms with Gasteiger partial charge < -0.3 is 0 Å². The Hall–Kier alpha value is -2.71. The normalized spacial score (nSPS) is 12.2. The number of thiocarbonyl (C=S) groups is 1. The van der Waals surface area contributed by atoms with E-state index in [9.17, 15) is 4.39 Å². The van der Waals surface area contributed by atoms with E-state index in [1.807, 2.05) is 12.1 Å². The molecule has 1 nitrogen and oxygen atoms in total. The van der Waals surface area contributed by atoms with Gasteiger partial charge in [-0.3, -0.25) is 0 Å². The smallest absolute Gasteiger partial charge is 0.140 e. The lowest BCUT2D eigenvalue weighted by Crippen LogP contribution is -1.87. The van der Waals surface area contributed by atoms with Gasteiger partial charge in [0.1, 0.15) is 5.82 Å². The van der Waals surface area contributed by atoms with Crippen LogP contribution in [0, 0.1) is 35.5 Å². The van der Waals surface area contributed by atoms with E-state index >= 15 is 0 Å². The highest BCUT2D eigenvalue weighted by Gasteiger charge is 2.21. The van der Waals surface area contributed by atoms with Crippen molar-refractivity contribution >= 4 is 17.4 Å². The van der Waals surface area contributed by atoms with Gasteiger partial charge in [-0.05, 0) is 79.2 Å². The molecule has 0 unspecified atom stereocenters. The van der Waals surface area contributed by atoms with Crippen LogP contribution in [-0.2, 0) is 6.42 Å². The molecule has 3 heteroatoms. The summed E-state index contributed by atoms with van der Waals surface area (Å²) in [5.41, 5.74) is 3.16. The van der Waals surface area contributed by atoms with Crippen LogP contribution in [0.2, 0.25) is 0 Å². The van der Waals surface area contributed by atoms with E-state index in [0.717, 1.165) is 17.9 Å². The maximum atomic E-state index is 13.9. The van der Waals surface area contributed by atoms with Crippen molar-refractivity contribution in [2.24, 2.45) is 10.9 Å². The van der Waals surface area contributed by atoms with Crippen molar-refractivity contribution < 1.29 is 4.39 Å². The second-order valence-electron chi connectivity index (χ2n) is 5.73. The molecule has 0 N–H and O–H groups in total. The lowest BCUT2D eigenvalue weighted by molar-refractivity contribution is 0.624. The average molecular weight is 331 g/mol. The number of hydrogen-bond donors (Lipinski definition) is 0. The van der Waals surface area contributed by atoms with E-state index < -0.39 is 5.82 Å². The molecule has 0 atom stereocenters. The van der Waals surface area contributed by atoms with E-state index in [0.29, 0.717) is 5.56 Å². The molecule has 1 fully saturated rings. The second kappa shape index (κ2) is 7.71. The third-order valence-corrected chi connectivity index (χ3v) is 3.88. The highest BCUT2D eigenvalue weighted by Crippen LogP contribution is 2.32. The Balaban J connectivity index is 1.72. The maximum Gasteiger partial charge on any atom is 0.140 e. The Morgan fingerprint density at radius 2 is 1.71 bits per heavy atom. The van der Waals surface area contributed by atoms with Crippen molar-refractivity contribution in [3.05, 3.63) is 70.5 Å². The van der Waals surface area contributed by atoms with Crippen LogP contribution in [-0.4, -0.2) is 5.16 Å². The number of benzene rings is 2. The first-order chi connectivity index (χ1) is 11.7. The zero-order valence-electron chi connectivity index (χ0n) is 13.0. The monoisotopic (exact) mass is 331 g/mol. The number of rotatable bonds is 2. The highest BCUT2D eigenvalue weighted by atomic mass is 32.1. The summed E-state index contributed by atoms with van der Waals surface area (Å²) < 4.78 is 13.9. The van der Waals surface area contributed by atoms with Gasteiger partial charge >= 0.3 is 0 Å². The molecule has 24 heavy (non-hydrogen) atoms. The lowest BCUT2D eigenvalue weighted by Gasteiger charge is -1.99. The fourth-order valence-electron chi connectivity index (χ4n) is 2.33. The van der Waals surface area contributed by atoms with Gasteiger partial charge in [-0.25, -0.2) is 4.39 Å². The second-order valence-corrected chi connectivity index (χ2v) is 5.91. The van der Waals surface area contributed by atoms with Crippen LogP contribution < -0.4 is 0 Å². The van der Waals surface area contributed by atoms with Crippen molar-refractivity contribution in [2.45, 2.75) is 19.3 Å². The van der Waals surface area contributed by atoms with Gasteiger partial charge in [-0.15, -0.1) is 4.99 Å². The minimum absolute atomic E-state index is 0.263. The summed E-state index contributed by atoms with van der Waals surface area (Å²) >= 11 is 4.40. The van der Waals surface area contributed by atoms with Gasteiger partial charge in [0.15, 0.2) is 0 Å². The summed E-state index contributed by atoms with van der Waals surface area (Å²) in [6.07, 6.45) is 3.87. The molecular formula is C21H14FNS. The van der Waals surface area contributed by atoms with Gasteiger partial charge in [0.05, 0.1) is 16.8 Å². The van der Waals surface area contributed by atoms with Crippen LogP contribution >= 0.6 is 12.2 Å². The van der Waals surface area contributed by atoms with E-state index in [1.54, 1.807) is 12.1 Å². The van der Waals surface area contributed by atoms with Crippen LogP contribution in [0.3, 0.4) is 0 Å². The predicted molar refractivity (Wildman–Crippen MR) is 97.2 cm³/mol. The average Bonchev–Trinajstić information content (AvgIpc) is 3.40. The quantitative estimate of drug-likeness (QED) is 0.445. The highest BCUT2D eigenvalue weighted by molar-refractivity contribution is 7.78. The van der Waals surface area contributed by atoms with E-state index in [2.05, 4.69) is 58.3 Å². The molecule has 0 aromatic heterocycles. The third-order valence-electron chi connectivity index (χ3n) is 3.79. The van der Waals surface area contributed by atoms with Crippen molar-refractivity contribution in [1.82, 2.24) is 0 Å². The lowest BCUT2D eigenvalue weighted by atomic mass is 10.1. The Morgan fingerprint density at radius 3 is 2.38 bits per heavy atom. The molecule has 1 aliphatic carbocycles. The summed E-state index contributed by atoms with van der Waals surface area (Å²) in [5, 5.41) is 2.11. The predicted octanol–water partition coefficient (Wildman–Crippen LogP) is 4.59. The molecule has 0 heterocycles. The molecule has 2 aromatic carbocycles. The van der Waals surface area contributed by atoms with Crippen LogP contribution in [0.25, 0.3) is 0 Å². The molecule has 0 bridgehead atoms. The molecule has 2 aromatic rings. The van der Waals surface area contributed by atoms with Gasteiger partial charge in [0, 0.05) is 11.1 Å². The molecule has 3 rings (SSSR count). The minimum Gasteiger partial charge on any atom is -0.206 e. The fourth-order valence-corrected chi connectivity index (χ4v) is 2.37. The van der Waals surface area contributed by atoms with Crippen LogP contribution in [0.15, 0.2) is 47.5 Å². The summed E-state index contributed by atoms with van der Waals surface area (Å²) in [5.74, 6) is 9.07. The first-order valence-corrected chi connectivity index (χ1v) is 8.14. The Kier molecular flexibility index (Phi) is 5.19. The number of nitrogens with zero attached hydrogens (tertiary/aromatic N) is 1. The molecule has 0 amide bonds. The fraction of sp³-hybridized carbons (Fsp3) is 0.190. The molecule has 0 spiro atoms. The first-order valence-electron chi connectivity index (χ1n) is 7.73. The molecular weight excluding hydrogens is 317 g/mol. The van der Waals surface area contributed by atoms with Crippen molar-refractivity contribution in [1.29, 1.82) is 0 Å². The SMILES string of the molecule is Fc1cc(C#Cc2ccc(CC3CC3)cc2)ccc1C#CN=C=S. The first kappa shape index (κ1) is 16.2. The van der Waals surface area contributed by atoms with Crippen LogP contribution in [0.5, 0.6) is 0 Å². The van der Waals surface area contributed by atoms with Crippen molar-refractivity contribution in [2.75, 3.05) is 0 Å². The molecule has 116 valence electrons. The number of aliphatic imine (C=N–C) groups is 1. The zero-order chi connectivity index (χ0) is 16.8. The Morgan fingerprint density at radius 1 is 1.00 bits per heavy atom. The summed E-state index contributed by atoms with van der Waals surface area (Å²) in [7, 11) is 0. The van der Waals surface area contributed by atoms with E-state index in [4.69, 9.17) is 0 Å². The molecule has 0 radical (unpaired) electrons. The number of halogens is 1. The molecule has 0 saturated heterocycles. The largest absolute Gasteiger partial charge is 0.206 e. The Bertz CT molecular complexity index is 912. The van der Waals surface area contributed by atoms with E-state index in [1.165, 1.54) is 24.5 Å². The van der Waals surface area contributed by atoms with Crippen LogP contribution in [0.1, 0.15) is 35.1 Å². The third kappa shape index (κ3) is 4.64. The van der Waals surface area contributed by atoms with Crippen molar-refractivity contribution in [3.63, 3.8) is 0 Å². The standard InChI is InChI=1S/C21H14FNS/c22-21-14-19(9-10-20(21)11-12-23-15-24)6-3-16-1-4-17(5-2-16)13-18-7-8-18/h1-2,4-5,9-10,14,18H,7-8,13H2.